The minimum absolute atomic E-state index is 0.0233. The molecule has 2 unspecified atom stereocenters. The van der Waals surface area contributed by atoms with E-state index in [1.165, 1.54) is 0 Å². The molecule has 2 aliphatic rings. The van der Waals surface area contributed by atoms with Crippen LogP contribution in [0.4, 0.5) is 0 Å². The molecule has 5 rings (SSSR count). The molecule has 2 atom stereocenters. The van der Waals surface area contributed by atoms with Gasteiger partial charge in [-0.1, -0.05) is 98.5 Å². The van der Waals surface area contributed by atoms with Gasteiger partial charge in [-0.05, 0) is 30.0 Å². The number of aromatic amines is 1. The molecule has 1 aliphatic carbocycles. The molecule has 0 amide bonds. The van der Waals surface area contributed by atoms with E-state index in [1.807, 2.05) is 25.1 Å². The monoisotopic (exact) mass is 575 g/mol. The Morgan fingerprint density at radius 3 is 2.21 bits per heavy atom. The second-order valence-electron chi connectivity index (χ2n) is 11.2. The molecule has 7 heteroatoms. The van der Waals surface area contributed by atoms with Gasteiger partial charge in [0.1, 0.15) is 17.4 Å². The molecular formula is C36H41N5O2. The van der Waals surface area contributed by atoms with Gasteiger partial charge in [-0.3, -0.25) is 10.1 Å². The van der Waals surface area contributed by atoms with E-state index in [1.54, 1.807) is 12.4 Å². The van der Waals surface area contributed by atoms with Crippen LogP contribution in [0.1, 0.15) is 43.4 Å². The summed E-state index contributed by atoms with van der Waals surface area (Å²) in [5.74, 6) is 0.590. The molecule has 1 aromatic heterocycles. The Hall–Kier alpha value is -4.62. The van der Waals surface area contributed by atoms with E-state index in [9.17, 15) is 0 Å². The van der Waals surface area contributed by atoms with Crippen molar-refractivity contribution >= 4 is 11.4 Å². The highest BCUT2D eigenvalue weighted by molar-refractivity contribution is 6.16. The van der Waals surface area contributed by atoms with Crippen molar-refractivity contribution in [3.8, 4) is 0 Å². The molecule has 7 nitrogen and oxygen atoms in total. The Labute approximate surface area is 254 Å². The number of aliphatic imine (C=N–C) groups is 1. The summed E-state index contributed by atoms with van der Waals surface area (Å²) < 4.78 is 12.1. The fourth-order valence-electron chi connectivity index (χ4n) is 5.97. The van der Waals surface area contributed by atoms with Crippen molar-refractivity contribution in [3.05, 3.63) is 144 Å². The lowest BCUT2D eigenvalue weighted by Gasteiger charge is -2.41. The number of hydrogen-bond donors (Lipinski definition) is 3. The van der Waals surface area contributed by atoms with Gasteiger partial charge in [-0.2, -0.15) is 5.10 Å². The van der Waals surface area contributed by atoms with Crippen LogP contribution in [0.3, 0.4) is 0 Å². The van der Waals surface area contributed by atoms with Crippen LogP contribution >= 0.6 is 0 Å². The molecule has 0 bridgehead atoms. The summed E-state index contributed by atoms with van der Waals surface area (Å²) in [6.45, 7) is 9.76. The highest BCUT2D eigenvalue weighted by Gasteiger charge is 2.44. The third-order valence-electron chi connectivity index (χ3n) is 8.07. The van der Waals surface area contributed by atoms with Gasteiger partial charge in [0.2, 0.25) is 0 Å². The average Bonchev–Trinajstić information content (AvgIpc) is 3.57. The summed E-state index contributed by atoms with van der Waals surface area (Å²) in [6.07, 6.45) is 15.5. The Balaban J connectivity index is 1.82. The van der Waals surface area contributed by atoms with Crippen molar-refractivity contribution in [2.75, 3.05) is 13.2 Å². The number of nitrogens with one attached hydrogen (secondary N) is 1. The molecule has 0 radical (unpaired) electrons. The van der Waals surface area contributed by atoms with Crippen LogP contribution in [0.25, 0.3) is 5.70 Å². The summed E-state index contributed by atoms with van der Waals surface area (Å²) in [5, 5.41) is 7.03. The Kier molecular flexibility index (Phi) is 9.42. The third-order valence-corrected chi connectivity index (χ3v) is 8.07. The van der Waals surface area contributed by atoms with E-state index in [-0.39, 0.29) is 17.9 Å². The van der Waals surface area contributed by atoms with Crippen molar-refractivity contribution in [1.82, 2.24) is 10.2 Å². The first-order valence-corrected chi connectivity index (χ1v) is 14.8. The number of ether oxygens (including phenoxy) is 2. The van der Waals surface area contributed by atoms with Gasteiger partial charge in [0.15, 0.2) is 0 Å². The SMILES string of the molecule is C=C(OC1CCOCC1)C(C(/C=C(/C)N)=NC(c1ccccc1)(c1ccccc1)C1C=CC=CC1C)=C(N)c1cn[nH]c1. The zero-order valence-corrected chi connectivity index (χ0v) is 24.9. The first kappa shape index (κ1) is 29.9. The number of rotatable bonds is 10. The van der Waals surface area contributed by atoms with Crippen LogP contribution in [0.5, 0.6) is 0 Å². The van der Waals surface area contributed by atoms with Crippen LogP contribution in [-0.2, 0) is 15.0 Å². The lowest BCUT2D eigenvalue weighted by Crippen LogP contribution is -2.39. The quantitative estimate of drug-likeness (QED) is 0.147. The van der Waals surface area contributed by atoms with Crippen molar-refractivity contribution in [1.29, 1.82) is 0 Å². The zero-order chi connectivity index (χ0) is 30.2. The Morgan fingerprint density at radius 2 is 1.65 bits per heavy atom. The van der Waals surface area contributed by atoms with Gasteiger partial charge in [-0.15, -0.1) is 0 Å². The topological polar surface area (TPSA) is 112 Å². The summed E-state index contributed by atoms with van der Waals surface area (Å²) in [4.78, 5) is 5.75. The predicted octanol–water partition coefficient (Wildman–Crippen LogP) is 6.41. The first-order valence-electron chi connectivity index (χ1n) is 14.8. The Morgan fingerprint density at radius 1 is 1.02 bits per heavy atom. The van der Waals surface area contributed by atoms with Gasteiger partial charge < -0.3 is 20.9 Å². The highest BCUT2D eigenvalue weighted by atomic mass is 16.5. The van der Waals surface area contributed by atoms with Crippen LogP contribution in [0.2, 0.25) is 0 Å². The van der Waals surface area contributed by atoms with Gasteiger partial charge in [0.25, 0.3) is 0 Å². The van der Waals surface area contributed by atoms with Gasteiger partial charge in [0.05, 0.1) is 36.4 Å². The van der Waals surface area contributed by atoms with E-state index in [0.717, 1.165) is 24.0 Å². The van der Waals surface area contributed by atoms with Crippen molar-refractivity contribution < 1.29 is 9.47 Å². The first-order chi connectivity index (χ1) is 20.9. The maximum absolute atomic E-state index is 6.95. The maximum atomic E-state index is 6.95. The number of aromatic nitrogens is 2. The summed E-state index contributed by atoms with van der Waals surface area (Å²) in [7, 11) is 0. The predicted molar refractivity (Wildman–Crippen MR) is 174 cm³/mol. The summed E-state index contributed by atoms with van der Waals surface area (Å²) in [5.41, 5.74) is 17.5. The standard InChI is InChI=1S/C36H41N5O2/c1-25-12-10-11-17-32(25)36(29-13-6-4-7-14-29,30-15-8-5-9-16-30)41-33(22-26(2)37)34(35(38)28-23-39-40-24-28)27(3)43-31-18-20-42-21-19-31/h4-17,22-25,31-32H,3,18-21,37-38H2,1-2H3,(H,39,40)/b26-22-,35-34?,41-33?. The van der Waals surface area contributed by atoms with E-state index >= 15 is 0 Å². The van der Waals surface area contributed by atoms with Gasteiger partial charge >= 0.3 is 0 Å². The highest BCUT2D eigenvalue weighted by Crippen LogP contribution is 2.47. The van der Waals surface area contributed by atoms with E-state index < -0.39 is 5.54 Å². The van der Waals surface area contributed by atoms with Crippen LogP contribution < -0.4 is 11.5 Å². The zero-order valence-electron chi connectivity index (χ0n) is 24.9. The van der Waals surface area contributed by atoms with Crippen molar-refractivity contribution in [3.63, 3.8) is 0 Å². The van der Waals surface area contributed by atoms with Gasteiger partial charge in [-0.25, -0.2) is 0 Å². The second-order valence-corrected chi connectivity index (χ2v) is 11.2. The van der Waals surface area contributed by atoms with Crippen LogP contribution in [0.15, 0.2) is 132 Å². The number of allylic oxidation sites excluding steroid dienone is 6. The fourth-order valence-corrected chi connectivity index (χ4v) is 5.97. The van der Waals surface area contributed by atoms with Crippen LogP contribution in [-0.4, -0.2) is 35.2 Å². The minimum Gasteiger partial charge on any atom is -0.490 e. The number of benzene rings is 2. The molecule has 1 saturated heterocycles. The molecule has 0 spiro atoms. The van der Waals surface area contributed by atoms with E-state index in [2.05, 4.69) is 96.5 Å². The number of hydrogen-bond acceptors (Lipinski definition) is 6. The lowest BCUT2D eigenvalue weighted by atomic mass is 9.67. The Bertz CT molecular complexity index is 1490. The normalized spacial score (nSPS) is 20.5. The molecule has 2 aromatic carbocycles. The average molecular weight is 576 g/mol. The van der Waals surface area contributed by atoms with Gasteiger partial charge in [0, 0.05) is 36.2 Å². The fraction of sp³-hybridized carbons (Fsp3) is 0.278. The van der Waals surface area contributed by atoms with Crippen molar-refractivity contribution in [2.24, 2.45) is 28.3 Å². The molecule has 5 N–H and O–H groups in total. The molecule has 222 valence electrons. The molecule has 0 saturated carbocycles. The molecular weight excluding hydrogens is 534 g/mol. The number of nitrogens with two attached hydrogens (primary N) is 2. The minimum atomic E-state index is -0.842. The molecule has 2 heterocycles. The molecule has 1 fully saturated rings. The molecule has 3 aromatic rings. The second kappa shape index (κ2) is 13.6. The molecule has 1 aliphatic heterocycles. The van der Waals surface area contributed by atoms with Crippen LogP contribution in [0, 0.1) is 11.8 Å². The maximum Gasteiger partial charge on any atom is 0.124 e. The summed E-state index contributed by atoms with van der Waals surface area (Å²) in [6, 6.07) is 20.9. The largest absolute Gasteiger partial charge is 0.490 e. The van der Waals surface area contributed by atoms with E-state index in [4.69, 9.17) is 25.9 Å². The van der Waals surface area contributed by atoms with E-state index in [0.29, 0.717) is 47.2 Å². The smallest absolute Gasteiger partial charge is 0.124 e. The lowest BCUT2D eigenvalue weighted by molar-refractivity contribution is -0.000813. The third kappa shape index (κ3) is 6.57. The molecule has 43 heavy (non-hydrogen) atoms. The van der Waals surface area contributed by atoms with Crippen molar-refractivity contribution in [2.45, 2.75) is 38.3 Å². The number of nitrogens with zero attached hydrogens (tertiary/aromatic N) is 2. The summed E-state index contributed by atoms with van der Waals surface area (Å²) >= 11 is 0. The number of H-pyrrole nitrogens is 1.